The zero-order valence-electron chi connectivity index (χ0n) is 43.2. The SMILES string of the molecule is Cl.Cl.c1ccc(-c2cc3ccc4cccnc4c3nc2-c2ccccc2)cc1.c1ccc(-c2cc3ccc4cccnc4c3nc2-c2ccccc2)cc1.c1ccc(-c2cc3ccc4cccnc4c3nc2-c2ccccc2)cc1. The van der Waals surface area contributed by atoms with Crippen molar-refractivity contribution in [3.8, 4) is 67.2 Å². The Morgan fingerprint density at radius 2 is 0.412 bits per heavy atom. The predicted molar refractivity (Wildman–Crippen MR) is 338 cm³/mol. The zero-order valence-corrected chi connectivity index (χ0v) is 44.8. The van der Waals surface area contributed by atoms with Gasteiger partial charge in [-0.3, -0.25) is 15.0 Å². The van der Waals surface area contributed by atoms with E-state index in [4.69, 9.17) is 15.0 Å². The number of rotatable bonds is 6. The Kier molecular flexibility index (Phi) is 15.4. The topological polar surface area (TPSA) is 77.3 Å². The van der Waals surface area contributed by atoms with Gasteiger partial charge in [-0.15, -0.1) is 24.8 Å². The molecule has 8 heteroatoms. The normalized spacial score (nSPS) is 10.8. The molecular formula is C72H50Cl2N6. The van der Waals surface area contributed by atoms with Crippen LogP contribution in [0.25, 0.3) is 133 Å². The largest absolute Gasteiger partial charge is 0.254 e. The van der Waals surface area contributed by atoms with Crippen molar-refractivity contribution in [2.75, 3.05) is 0 Å². The zero-order chi connectivity index (χ0) is 52.0. The summed E-state index contributed by atoms with van der Waals surface area (Å²) in [6, 6.07) is 93.9. The number of benzene rings is 9. The highest BCUT2D eigenvalue weighted by Gasteiger charge is 2.17. The summed E-state index contributed by atoms with van der Waals surface area (Å²) in [5.74, 6) is 0. The van der Waals surface area contributed by atoms with Gasteiger partial charge in [0.15, 0.2) is 0 Å². The van der Waals surface area contributed by atoms with Crippen LogP contribution >= 0.6 is 24.8 Å². The second kappa shape index (κ2) is 23.7. The highest BCUT2D eigenvalue weighted by molar-refractivity contribution is 6.08. The number of halogens is 2. The molecule has 0 unspecified atom stereocenters. The molecule has 0 saturated carbocycles. The van der Waals surface area contributed by atoms with Crippen molar-refractivity contribution < 1.29 is 0 Å². The van der Waals surface area contributed by atoms with Gasteiger partial charge in [0.25, 0.3) is 0 Å². The Morgan fingerprint density at radius 1 is 0.188 bits per heavy atom. The Hall–Kier alpha value is -9.98. The van der Waals surface area contributed by atoms with Gasteiger partial charge in [-0.2, -0.15) is 0 Å². The third-order valence-electron chi connectivity index (χ3n) is 14.1. The van der Waals surface area contributed by atoms with Gasteiger partial charge in [0.05, 0.1) is 50.2 Å². The summed E-state index contributed by atoms with van der Waals surface area (Å²) in [4.78, 5) is 29.0. The lowest BCUT2D eigenvalue weighted by Gasteiger charge is -2.12. The van der Waals surface area contributed by atoms with Gasteiger partial charge in [0.2, 0.25) is 0 Å². The Bertz CT molecular complexity index is 4120. The Labute approximate surface area is 476 Å². The van der Waals surface area contributed by atoms with Crippen LogP contribution in [0.3, 0.4) is 0 Å². The maximum Gasteiger partial charge on any atom is 0.0972 e. The van der Waals surface area contributed by atoms with E-state index < -0.39 is 0 Å². The van der Waals surface area contributed by atoms with Crippen LogP contribution in [0.15, 0.2) is 292 Å². The molecule has 382 valence electrons. The molecule has 0 aliphatic rings. The van der Waals surface area contributed by atoms with Crippen molar-refractivity contribution in [2.24, 2.45) is 0 Å². The summed E-state index contributed by atoms with van der Waals surface area (Å²) in [5.41, 5.74) is 18.9. The van der Waals surface area contributed by atoms with Crippen molar-refractivity contribution >= 4 is 90.2 Å². The van der Waals surface area contributed by atoms with E-state index in [-0.39, 0.29) is 24.8 Å². The van der Waals surface area contributed by atoms with Gasteiger partial charge in [0, 0.05) is 84.3 Å². The molecule has 15 aromatic rings. The Morgan fingerprint density at radius 3 is 0.662 bits per heavy atom. The van der Waals surface area contributed by atoms with Crippen LogP contribution in [0, 0.1) is 0 Å². The summed E-state index contributed by atoms with van der Waals surface area (Å²) in [7, 11) is 0. The molecule has 0 amide bonds. The lowest BCUT2D eigenvalue weighted by atomic mass is 9.97. The fourth-order valence-electron chi connectivity index (χ4n) is 10.3. The molecule has 0 atom stereocenters. The molecule has 0 fully saturated rings. The first-order valence-corrected chi connectivity index (χ1v) is 26.1. The third-order valence-corrected chi connectivity index (χ3v) is 14.1. The smallest absolute Gasteiger partial charge is 0.0972 e. The van der Waals surface area contributed by atoms with Crippen LogP contribution in [-0.2, 0) is 0 Å². The molecule has 80 heavy (non-hydrogen) atoms. The molecule has 0 spiro atoms. The fraction of sp³-hybridized carbons (Fsp3) is 0. The van der Waals surface area contributed by atoms with Crippen molar-refractivity contribution in [1.29, 1.82) is 0 Å². The molecule has 15 rings (SSSR count). The molecule has 9 aromatic carbocycles. The summed E-state index contributed by atoms with van der Waals surface area (Å²) in [5, 5.41) is 6.65. The highest BCUT2D eigenvalue weighted by atomic mass is 35.5. The number of fused-ring (bicyclic) bond motifs is 9. The third kappa shape index (κ3) is 10.6. The van der Waals surface area contributed by atoms with E-state index in [0.717, 1.165) is 116 Å². The Balaban J connectivity index is 0.000000125. The standard InChI is InChI=1S/3C24H16N2.2ClH/c3*1-3-8-17(9-4-1)21-16-20-14-13-19-12-7-15-25-23(19)24(20)26-22(21)18-10-5-2-6-11-18;;/h3*1-16H;2*1H. The molecule has 0 bridgehead atoms. The lowest BCUT2D eigenvalue weighted by Crippen LogP contribution is -1.93. The van der Waals surface area contributed by atoms with Gasteiger partial charge in [-0.05, 0) is 53.1 Å². The van der Waals surface area contributed by atoms with Crippen LogP contribution in [0.5, 0.6) is 0 Å². The second-order valence-corrected chi connectivity index (χ2v) is 19.0. The van der Waals surface area contributed by atoms with E-state index in [1.54, 1.807) is 0 Å². The molecule has 6 heterocycles. The van der Waals surface area contributed by atoms with Crippen molar-refractivity contribution in [3.63, 3.8) is 0 Å². The van der Waals surface area contributed by atoms with E-state index in [1.165, 1.54) is 16.7 Å². The minimum Gasteiger partial charge on any atom is -0.254 e. The van der Waals surface area contributed by atoms with E-state index in [1.807, 2.05) is 73.2 Å². The van der Waals surface area contributed by atoms with Crippen LogP contribution in [0.2, 0.25) is 0 Å². The molecule has 0 aliphatic heterocycles. The van der Waals surface area contributed by atoms with E-state index in [0.29, 0.717) is 0 Å². The maximum absolute atomic E-state index is 5.09. The number of hydrogen-bond acceptors (Lipinski definition) is 6. The molecule has 6 aromatic heterocycles. The quantitative estimate of drug-likeness (QED) is 0.154. The predicted octanol–water partition coefficient (Wildman–Crippen LogP) is 19.2. The number of nitrogens with zero attached hydrogens (tertiary/aromatic N) is 6. The van der Waals surface area contributed by atoms with Gasteiger partial charge in [0.1, 0.15) is 0 Å². The molecular weight excluding hydrogens is 1020 g/mol. The van der Waals surface area contributed by atoms with E-state index in [2.05, 4.69) is 233 Å². The van der Waals surface area contributed by atoms with Gasteiger partial charge in [-0.1, -0.05) is 237 Å². The fourth-order valence-corrected chi connectivity index (χ4v) is 10.3. The average molecular weight is 1070 g/mol. The minimum absolute atomic E-state index is 0. The first-order valence-electron chi connectivity index (χ1n) is 26.1. The lowest BCUT2D eigenvalue weighted by molar-refractivity contribution is 1.37. The summed E-state index contributed by atoms with van der Waals surface area (Å²) in [6.07, 6.45) is 5.49. The first-order chi connectivity index (χ1) is 38.7. The first kappa shape index (κ1) is 52.1. The van der Waals surface area contributed by atoms with Crippen LogP contribution < -0.4 is 0 Å². The monoisotopic (exact) mass is 1070 g/mol. The van der Waals surface area contributed by atoms with Crippen molar-refractivity contribution in [1.82, 2.24) is 29.9 Å². The van der Waals surface area contributed by atoms with E-state index >= 15 is 0 Å². The molecule has 0 saturated heterocycles. The van der Waals surface area contributed by atoms with Crippen LogP contribution in [0.4, 0.5) is 0 Å². The molecule has 0 aliphatic carbocycles. The maximum atomic E-state index is 5.09. The van der Waals surface area contributed by atoms with Gasteiger partial charge in [-0.25, -0.2) is 15.0 Å². The van der Waals surface area contributed by atoms with Crippen molar-refractivity contribution in [3.05, 3.63) is 292 Å². The molecule has 0 N–H and O–H groups in total. The molecule has 6 nitrogen and oxygen atoms in total. The number of hydrogen-bond donors (Lipinski definition) is 0. The number of pyridine rings is 6. The van der Waals surface area contributed by atoms with Crippen LogP contribution in [0.1, 0.15) is 0 Å². The van der Waals surface area contributed by atoms with Gasteiger partial charge >= 0.3 is 0 Å². The van der Waals surface area contributed by atoms with Gasteiger partial charge < -0.3 is 0 Å². The number of aromatic nitrogens is 6. The summed E-state index contributed by atoms with van der Waals surface area (Å²) < 4.78 is 0. The van der Waals surface area contributed by atoms with Crippen LogP contribution in [-0.4, -0.2) is 29.9 Å². The summed E-state index contributed by atoms with van der Waals surface area (Å²) in [6.45, 7) is 0. The van der Waals surface area contributed by atoms with Crippen molar-refractivity contribution in [2.45, 2.75) is 0 Å². The second-order valence-electron chi connectivity index (χ2n) is 19.0. The molecule has 0 radical (unpaired) electrons. The van der Waals surface area contributed by atoms with E-state index in [9.17, 15) is 0 Å². The average Bonchev–Trinajstić information content (AvgIpc) is 3.54. The highest BCUT2D eigenvalue weighted by Crippen LogP contribution is 2.38. The minimum atomic E-state index is 0. The summed E-state index contributed by atoms with van der Waals surface area (Å²) >= 11 is 0.